The fraction of sp³-hybridized carbons (Fsp3) is 0.0909. The molecule has 0 aliphatic carbocycles. The van der Waals surface area contributed by atoms with Gasteiger partial charge in [0.15, 0.2) is 0 Å². The number of nitrogens with zero attached hydrogens (tertiary/aromatic N) is 2. The highest BCUT2D eigenvalue weighted by atomic mass is 35.5. The number of hydrogen-bond donors (Lipinski definition) is 2. The van der Waals surface area contributed by atoms with Crippen LogP contribution in [0.5, 0.6) is 0 Å². The summed E-state index contributed by atoms with van der Waals surface area (Å²) in [4.78, 5) is 14.2. The van der Waals surface area contributed by atoms with Crippen LogP contribution in [0.25, 0.3) is 22.2 Å². The highest BCUT2D eigenvalue weighted by molar-refractivity contribution is 6.30. The summed E-state index contributed by atoms with van der Waals surface area (Å²) in [5.41, 5.74) is 4.63. The van der Waals surface area contributed by atoms with Gasteiger partial charge in [-0.15, -0.1) is 0 Å². The first kappa shape index (κ1) is 18.6. The van der Waals surface area contributed by atoms with E-state index >= 15 is 0 Å². The van der Waals surface area contributed by atoms with Crippen LogP contribution in [-0.4, -0.2) is 21.1 Å². The minimum atomic E-state index is -0.496. The number of halogens is 3. The molecule has 1 aromatic heterocycles. The van der Waals surface area contributed by atoms with E-state index in [4.69, 9.17) is 11.6 Å². The molecule has 0 fully saturated rings. The Morgan fingerprint density at radius 1 is 1.07 bits per heavy atom. The molecule has 8 heteroatoms. The number of fused-ring (bicyclic) bond motifs is 2. The van der Waals surface area contributed by atoms with Gasteiger partial charge in [0.2, 0.25) is 0 Å². The van der Waals surface area contributed by atoms with Crippen LogP contribution in [0.1, 0.15) is 11.1 Å². The molecule has 0 saturated heterocycles. The second-order valence-electron chi connectivity index (χ2n) is 7.17. The van der Waals surface area contributed by atoms with Crippen molar-refractivity contribution in [3.63, 3.8) is 0 Å². The van der Waals surface area contributed by atoms with E-state index in [1.54, 1.807) is 23.1 Å². The molecule has 5 rings (SSSR count). The number of aromatic amines is 1. The second kappa shape index (κ2) is 7.11. The first-order chi connectivity index (χ1) is 14.5. The van der Waals surface area contributed by atoms with Crippen molar-refractivity contribution >= 4 is 34.2 Å². The molecule has 30 heavy (non-hydrogen) atoms. The predicted molar refractivity (Wildman–Crippen MR) is 111 cm³/mol. The summed E-state index contributed by atoms with van der Waals surface area (Å²) < 4.78 is 26.7. The van der Waals surface area contributed by atoms with Crippen LogP contribution in [0.2, 0.25) is 5.02 Å². The zero-order valence-electron chi connectivity index (χ0n) is 15.5. The summed E-state index contributed by atoms with van der Waals surface area (Å²) in [5, 5.41) is 11.1. The summed E-state index contributed by atoms with van der Waals surface area (Å²) in [5.74, 6) is -0.806. The van der Waals surface area contributed by atoms with Gasteiger partial charge in [-0.1, -0.05) is 17.7 Å². The normalized spacial score (nSPS) is 13.4. The van der Waals surface area contributed by atoms with Crippen molar-refractivity contribution in [2.24, 2.45) is 0 Å². The maximum absolute atomic E-state index is 13.4. The number of aromatic nitrogens is 2. The van der Waals surface area contributed by atoms with Crippen molar-refractivity contribution in [3.8, 4) is 11.3 Å². The maximum atomic E-state index is 13.4. The van der Waals surface area contributed by atoms with E-state index in [0.717, 1.165) is 27.6 Å². The Balaban J connectivity index is 1.49. The lowest BCUT2D eigenvalue weighted by molar-refractivity contribution is 0.204. The summed E-state index contributed by atoms with van der Waals surface area (Å²) in [6.07, 6.45) is 0. The van der Waals surface area contributed by atoms with E-state index < -0.39 is 5.82 Å². The number of benzene rings is 3. The molecule has 2 amide bonds. The van der Waals surface area contributed by atoms with Gasteiger partial charge in [0.05, 0.1) is 16.2 Å². The van der Waals surface area contributed by atoms with Gasteiger partial charge in [0.25, 0.3) is 0 Å². The van der Waals surface area contributed by atoms with Crippen molar-refractivity contribution in [1.82, 2.24) is 15.1 Å². The Morgan fingerprint density at radius 3 is 2.63 bits per heavy atom. The van der Waals surface area contributed by atoms with E-state index in [2.05, 4.69) is 15.5 Å². The topological polar surface area (TPSA) is 61.0 Å². The van der Waals surface area contributed by atoms with Crippen LogP contribution in [0.15, 0.2) is 54.6 Å². The van der Waals surface area contributed by atoms with Gasteiger partial charge < -0.3 is 10.2 Å². The van der Waals surface area contributed by atoms with Crippen molar-refractivity contribution in [1.29, 1.82) is 0 Å². The number of rotatable bonds is 3. The quantitative estimate of drug-likeness (QED) is 0.442. The Kier molecular flexibility index (Phi) is 4.40. The number of hydrogen-bond acceptors (Lipinski definition) is 2. The summed E-state index contributed by atoms with van der Waals surface area (Å²) in [7, 11) is 0. The molecular weight excluding hydrogens is 410 g/mol. The Bertz CT molecular complexity index is 1290. The van der Waals surface area contributed by atoms with E-state index in [0.29, 0.717) is 24.5 Å². The monoisotopic (exact) mass is 424 g/mol. The highest BCUT2D eigenvalue weighted by Gasteiger charge is 2.24. The number of urea groups is 1. The molecule has 0 spiro atoms. The molecule has 0 atom stereocenters. The third-order valence-electron chi connectivity index (χ3n) is 5.15. The molecule has 5 nitrogen and oxygen atoms in total. The van der Waals surface area contributed by atoms with Gasteiger partial charge in [0, 0.05) is 29.7 Å². The summed E-state index contributed by atoms with van der Waals surface area (Å²) >= 11 is 5.86. The van der Waals surface area contributed by atoms with Crippen LogP contribution in [0.4, 0.5) is 19.3 Å². The molecule has 0 radical (unpaired) electrons. The summed E-state index contributed by atoms with van der Waals surface area (Å²) in [6.45, 7) is 0.666. The number of nitrogens with one attached hydrogen (secondary N) is 2. The fourth-order valence-electron chi connectivity index (χ4n) is 3.64. The molecule has 1 aliphatic heterocycles. The molecule has 0 saturated carbocycles. The van der Waals surface area contributed by atoms with E-state index in [9.17, 15) is 13.6 Å². The molecule has 150 valence electrons. The zero-order valence-corrected chi connectivity index (χ0v) is 16.3. The zero-order chi connectivity index (χ0) is 20.8. The van der Waals surface area contributed by atoms with E-state index in [1.807, 2.05) is 12.1 Å². The van der Waals surface area contributed by atoms with Crippen LogP contribution in [0, 0.1) is 11.6 Å². The number of carbonyl (C=O) groups excluding carboxylic acids is 1. The Labute approximate surface area is 175 Å². The first-order valence-electron chi connectivity index (χ1n) is 9.25. The van der Waals surface area contributed by atoms with Gasteiger partial charge in [-0.25, -0.2) is 13.6 Å². The van der Waals surface area contributed by atoms with Crippen LogP contribution in [0.3, 0.4) is 0 Å². The highest BCUT2D eigenvalue weighted by Crippen LogP contribution is 2.33. The SMILES string of the molecule is O=C1Nc2cc3[nH]nc(-c4ccc(F)cc4)c3cc2CN1Cc1ccc(F)c(Cl)c1. The van der Waals surface area contributed by atoms with Gasteiger partial charge >= 0.3 is 6.03 Å². The molecule has 0 unspecified atom stereocenters. The van der Waals surface area contributed by atoms with Crippen molar-refractivity contribution < 1.29 is 13.6 Å². The number of anilines is 1. The lowest BCUT2D eigenvalue weighted by Crippen LogP contribution is -2.38. The number of carbonyl (C=O) groups is 1. The third kappa shape index (κ3) is 3.27. The van der Waals surface area contributed by atoms with Gasteiger partial charge in [-0.2, -0.15) is 5.10 Å². The van der Waals surface area contributed by atoms with Crippen molar-refractivity contribution in [2.45, 2.75) is 13.1 Å². The average Bonchev–Trinajstić information content (AvgIpc) is 3.13. The van der Waals surface area contributed by atoms with Gasteiger partial charge in [-0.05, 0) is 59.7 Å². The van der Waals surface area contributed by atoms with Gasteiger partial charge in [0.1, 0.15) is 11.6 Å². The Hall–Kier alpha value is -3.45. The smallest absolute Gasteiger partial charge is 0.316 e. The van der Waals surface area contributed by atoms with E-state index in [1.165, 1.54) is 24.3 Å². The minimum absolute atomic E-state index is 0.0226. The molecule has 1 aliphatic rings. The molecule has 2 heterocycles. The summed E-state index contributed by atoms with van der Waals surface area (Å²) in [6, 6.07) is 14.1. The molecule has 2 N–H and O–H groups in total. The first-order valence-corrected chi connectivity index (χ1v) is 9.62. The molecule has 3 aromatic carbocycles. The fourth-order valence-corrected chi connectivity index (χ4v) is 3.85. The molecular formula is C22H15ClF2N4O. The van der Waals surface area contributed by atoms with Crippen LogP contribution < -0.4 is 5.32 Å². The minimum Gasteiger partial charge on any atom is -0.316 e. The largest absolute Gasteiger partial charge is 0.322 e. The Morgan fingerprint density at radius 2 is 1.87 bits per heavy atom. The average molecular weight is 425 g/mol. The lowest BCUT2D eigenvalue weighted by atomic mass is 10.0. The molecule has 0 bridgehead atoms. The van der Waals surface area contributed by atoms with E-state index in [-0.39, 0.29) is 16.9 Å². The van der Waals surface area contributed by atoms with Crippen molar-refractivity contribution in [3.05, 3.63) is 82.4 Å². The van der Waals surface area contributed by atoms with Gasteiger partial charge in [-0.3, -0.25) is 5.10 Å². The van der Waals surface area contributed by atoms with Crippen molar-refractivity contribution in [2.75, 3.05) is 5.32 Å². The lowest BCUT2D eigenvalue weighted by Gasteiger charge is -2.29. The second-order valence-corrected chi connectivity index (χ2v) is 7.58. The maximum Gasteiger partial charge on any atom is 0.322 e. The number of H-pyrrole nitrogens is 1. The molecule has 4 aromatic rings. The van der Waals surface area contributed by atoms with Crippen LogP contribution in [-0.2, 0) is 13.1 Å². The number of amides is 2. The standard InChI is InChI=1S/C22H15ClF2N4O/c23-17-7-12(1-6-18(17)25)10-29-11-14-8-16-20(9-19(14)26-22(29)30)27-28-21(16)13-2-4-15(24)5-3-13/h1-9H,10-11H2,(H,26,30)(H,27,28). The van der Waals surface area contributed by atoms with Crippen LogP contribution >= 0.6 is 11.6 Å². The predicted octanol–water partition coefficient (Wildman–Crippen LogP) is 5.71. The third-order valence-corrected chi connectivity index (χ3v) is 5.44.